The SMILES string of the molecule is C[C@@]1(O)CN(C(=O)CC[C@H](N)C(N)=O)CC[C@H]1n1ccc(=O)[nH]c1=O.Cl. The second kappa shape index (κ2) is 8.47. The number of aromatic nitrogens is 2. The zero-order valence-corrected chi connectivity index (χ0v) is 15.2. The molecule has 1 aliphatic rings. The number of rotatable bonds is 5. The molecule has 11 heteroatoms. The van der Waals surface area contributed by atoms with Crippen molar-refractivity contribution in [2.45, 2.75) is 43.9 Å². The Labute approximate surface area is 155 Å². The summed E-state index contributed by atoms with van der Waals surface area (Å²) in [5, 5.41) is 10.7. The molecule has 0 unspecified atom stereocenters. The van der Waals surface area contributed by atoms with Crippen molar-refractivity contribution in [2.24, 2.45) is 11.5 Å². The van der Waals surface area contributed by atoms with Gasteiger partial charge in [0.2, 0.25) is 11.8 Å². The number of nitrogens with zero attached hydrogens (tertiary/aromatic N) is 2. The third kappa shape index (κ3) is 4.93. The van der Waals surface area contributed by atoms with Crippen LogP contribution in [0.2, 0.25) is 0 Å². The van der Waals surface area contributed by atoms with Crippen molar-refractivity contribution in [3.63, 3.8) is 0 Å². The summed E-state index contributed by atoms with van der Waals surface area (Å²) in [4.78, 5) is 49.9. The van der Waals surface area contributed by atoms with Crippen molar-refractivity contribution in [1.29, 1.82) is 0 Å². The molecule has 0 aliphatic carbocycles. The van der Waals surface area contributed by atoms with Gasteiger partial charge in [0.15, 0.2) is 0 Å². The first-order chi connectivity index (χ1) is 11.6. The molecular formula is C15H24ClN5O5. The summed E-state index contributed by atoms with van der Waals surface area (Å²) in [6, 6.07) is -0.254. The molecule has 1 fully saturated rings. The molecule has 0 saturated carbocycles. The number of likely N-dealkylation sites (tertiary alicyclic amines) is 1. The fourth-order valence-corrected chi connectivity index (χ4v) is 3.06. The maximum atomic E-state index is 12.3. The minimum Gasteiger partial charge on any atom is -0.386 e. The number of aliphatic hydroxyl groups is 1. The van der Waals surface area contributed by atoms with E-state index in [0.717, 1.165) is 0 Å². The van der Waals surface area contributed by atoms with E-state index in [9.17, 15) is 24.3 Å². The number of halogens is 1. The van der Waals surface area contributed by atoms with Crippen molar-refractivity contribution in [3.05, 3.63) is 33.1 Å². The number of hydrogen-bond acceptors (Lipinski definition) is 6. The van der Waals surface area contributed by atoms with Gasteiger partial charge in [-0.05, 0) is 19.8 Å². The third-order valence-corrected chi connectivity index (χ3v) is 4.48. The number of H-pyrrole nitrogens is 1. The summed E-state index contributed by atoms with van der Waals surface area (Å²) in [6.07, 6.45) is 1.86. The van der Waals surface area contributed by atoms with E-state index in [1.54, 1.807) is 0 Å². The number of carbonyl (C=O) groups is 2. The summed E-state index contributed by atoms with van der Waals surface area (Å²) < 4.78 is 1.27. The fraction of sp³-hybridized carbons (Fsp3) is 0.600. The maximum absolute atomic E-state index is 12.3. The van der Waals surface area contributed by atoms with Crippen LogP contribution >= 0.6 is 12.4 Å². The largest absolute Gasteiger partial charge is 0.386 e. The number of primary amides is 1. The topological polar surface area (TPSA) is 165 Å². The highest BCUT2D eigenvalue weighted by Crippen LogP contribution is 2.30. The van der Waals surface area contributed by atoms with Crippen molar-refractivity contribution in [3.8, 4) is 0 Å². The Balaban J connectivity index is 0.00000338. The van der Waals surface area contributed by atoms with Crippen LogP contribution in [0, 0.1) is 0 Å². The second-order valence-electron chi connectivity index (χ2n) is 6.54. The van der Waals surface area contributed by atoms with Crippen LogP contribution in [0.5, 0.6) is 0 Å². The molecular weight excluding hydrogens is 366 g/mol. The Morgan fingerprint density at radius 1 is 1.46 bits per heavy atom. The van der Waals surface area contributed by atoms with Crippen molar-refractivity contribution in [1.82, 2.24) is 14.5 Å². The molecule has 1 aliphatic heterocycles. The summed E-state index contributed by atoms with van der Waals surface area (Å²) in [5.74, 6) is -0.916. The number of nitrogens with one attached hydrogen (secondary N) is 1. The lowest BCUT2D eigenvalue weighted by molar-refractivity contribution is -0.141. The molecule has 0 spiro atoms. The third-order valence-electron chi connectivity index (χ3n) is 4.48. The molecule has 0 radical (unpaired) electrons. The number of amides is 2. The monoisotopic (exact) mass is 389 g/mol. The Kier molecular flexibility index (Phi) is 7.13. The molecule has 2 rings (SSSR count). The number of hydrogen-bond donors (Lipinski definition) is 4. The normalized spacial score (nSPS) is 23.8. The Bertz CT molecular complexity index is 774. The number of β-amino-alcohol motifs (C(OH)–C–C–N with tert-alkyl or cyclic N) is 1. The Hall–Kier alpha value is -2.17. The molecule has 6 N–H and O–H groups in total. The second-order valence-corrected chi connectivity index (χ2v) is 6.54. The molecule has 3 atom stereocenters. The molecule has 1 aromatic rings. The number of piperidine rings is 1. The minimum atomic E-state index is -1.36. The average molecular weight is 390 g/mol. The predicted molar refractivity (Wildman–Crippen MR) is 95.8 cm³/mol. The first kappa shape index (κ1) is 21.9. The summed E-state index contributed by atoms with van der Waals surface area (Å²) >= 11 is 0. The van der Waals surface area contributed by atoms with Crippen LogP contribution in [0.1, 0.15) is 32.2 Å². The van der Waals surface area contributed by atoms with E-state index < -0.39 is 34.8 Å². The minimum absolute atomic E-state index is 0. The first-order valence-electron chi connectivity index (χ1n) is 7.98. The van der Waals surface area contributed by atoms with E-state index in [4.69, 9.17) is 11.5 Å². The maximum Gasteiger partial charge on any atom is 0.328 e. The van der Waals surface area contributed by atoms with Crippen LogP contribution in [0.25, 0.3) is 0 Å². The Morgan fingerprint density at radius 3 is 2.65 bits per heavy atom. The molecule has 146 valence electrons. The lowest BCUT2D eigenvalue weighted by Crippen LogP contribution is -2.56. The summed E-state index contributed by atoms with van der Waals surface area (Å²) in [5.41, 5.74) is 8.10. The molecule has 2 amide bonds. The molecule has 0 bridgehead atoms. The standard InChI is InChI=1S/C15H23N5O5.ClH/c1-15(25)8-19(12(22)3-2-9(16)13(17)23)6-4-10(15)20-7-5-11(21)18-14(20)24;/h5,7,9-10,25H,2-4,6,8,16H2,1H3,(H2,17,23)(H,18,21,24);1H/t9-,10+,15+;/m0./s1. The van der Waals surface area contributed by atoms with Crippen LogP contribution in [-0.2, 0) is 9.59 Å². The molecule has 26 heavy (non-hydrogen) atoms. The van der Waals surface area contributed by atoms with E-state index in [-0.39, 0.29) is 37.7 Å². The van der Waals surface area contributed by atoms with E-state index in [1.807, 2.05) is 0 Å². The molecule has 0 aromatic carbocycles. The van der Waals surface area contributed by atoms with Gasteiger partial charge in [-0.25, -0.2) is 4.79 Å². The van der Waals surface area contributed by atoms with Gasteiger partial charge in [-0.2, -0.15) is 0 Å². The average Bonchev–Trinajstić information content (AvgIpc) is 2.52. The zero-order valence-electron chi connectivity index (χ0n) is 14.4. The van der Waals surface area contributed by atoms with E-state index >= 15 is 0 Å². The fourth-order valence-electron chi connectivity index (χ4n) is 3.06. The lowest BCUT2D eigenvalue weighted by Gasteiger charge is -2.43. The summed E-state index contributed by atoms with van der Waals surface area (Å²) in [7, 11) is 0. The van der Waals surface area contributed by atoms with Crippen LogP contribution in [0.4, 0.5) is 0 Å². The lowest BCUT2D eigenvalue weighted by atomic mass is 9.88. The quantitative estimate of drug-likeness (QED) is 0.458. The van der Waals surface area contributed by atoms with Crippen LogP contribution in [-0.4, -0.2) is 56.1 Å². The predicted octanol–water partition coefficient (Wildman–Crippen LogP) is -1.92. The van der Waals surface area contributed by atoms with E-state index in [2.05, 4.69) is 4.98 Å². The van der Waals surface area contributed by atoms with Gasteiger partial charge < -0.3 is 21.5 Å². The van der Waals surface area contributed by atoms with Crippen molar-refractivity contribution >= 4 is 24.2 Å². The highest BCUT2D eigenvalue weighted by molar-refractivity contribution is 5.85. The summed E-state index contributed by atoms with van der Waals surface area (Å²) in [6.45, 7) is 1.88. The van der Waals surface area contributed by atoms with Gasteiger partial charge in [-0.1, -0.05) is 0 Å². The van der Waals surface area contributed by atoms with Gasteiger partial charge in [0.25, 0.3) is 5.56 Å². The molecule has 2 heterocycles. The zero-order chi connectivity index (χ0) is 18.8. The van der Waals surface area contributed by atoms with E-state index in [0.29, 0.717) is 13.0 Å². The van der Waals surface area contributed by atoms with Gasteiger partial charge in [0.1, 0.15) is 5.60 Å². The van der Waals surface area contributed by atoms with Gasteiger partial charge >= 0.3 is 5.69 Å². The van der Waals surface area contributed by atoms with Crippen LogP contribution in [0.15, 0.2) is 21.9 Å². The highest BCUT2D eigenvalue weighted by atomic mass is 35.5. The van der Waals surface area contributed by atoms with Crippen molar-refractivity contribution in [2.75, 3.05) is 13.1 Å². The highest BCUT2D eigenvalue weighted by Gasteiger charge is 2.41. The van der Waals surface area contributed by atoms with Gasteiger partial charge in [0, 0.05) is 25.2 Å². The van der Waals surface area contributed by atoms with Crippen LogP contribution in [0.3, 0.4) is 0 Å². The Morgan fingerprint density at radius 2 is 2.12 bits per heavy atom. The van der Waals surface area contributed by atoms with E-state index in [1.165, 1.54) is 28.7 Å². The smallest absolute Gasteiger partial charge is 0.328 e. The molecule has 10 nitrogen and oxygen atoms in total. The van der Waals surface area contributed by atoms with Crippen molar-refractivity contribution < 1.29 is 14.7 Å². The van der Waals surface area contributed by atoms with Crippen LogP contribution < -0.4 is 22.7 Å². The number of carbonyl (C=O) groups excluding carboxylic acids is 2. The van der Waals surface area contributed by atoms with Gasteiger partial charge in [-0.3, -0.25) is 23.9 Å². The van der Waals surface area contributed by atoms with Gasteiger partial charge in [-0.15, -0.1) is 12.4 Å². The first-order valence-corrected chi connectivity index (χ1v) is 7.98. The molecule has 1 saturated heterocycles. The number of aromatic amines is 1. The number of nitrogens with two attached hydrogens (primary N) is 2. The molecule has 1 aromatic heterocycles. The van der Waals surface area contributed by atoms with Gasteiger partial charge in [0.05, 0.1) is 18.6 Å².